The predicted octanol–water partition coefficient (Wildman–Crippen LogP) is 1.58. The van der Waals surface area contributed by atoms with E-state index in [1.165, 1.54) is 0 Å². The van der Waals surface area contributed by atoms with Gasteiger partial charge in [0.15, 0.2) is 0 Å². The molecule has 0 aliphatic rings. The molecule has 0 aromatic heterocycles. The average Bonchev–Trinajstić information content (AvgIpc) is 2.27. The Morgan fingerprint density at radius 1 is 1.62 bits per heavy atom. The van der Waals surface area contributed by atoms with Gasteiger partial charge in [0.1, 0.15) is 12.4 Å². The van der Waals surface area contributed by atoms with Crippen LogP contribution in [0.15, 0.2) is 30.9 Å². The Hall–Kier alpha value is -1.97. The summed E-state index contributed by atoms with van der Waals surface area (Å²) in [5.41, 5.74) is 6.62. The monoisotopic (exact) mass is 220 g/mol. The zero-order valence-electron chi connectivity index (χ0n) is 9.32. The van der Waals surface area contributed by atoms with Crippen LogP contribution in [0.1, 0.15) is 17.3 Å². The van der Waals surface area contributed by atoms with Crippen LogP contribution in [0.4, 0.5) is 5.69 Å². The molecule has 1 aromatic carbocycles. The number of nitrogens with two attached hydrogens (primary N) is 1. The maximum atomic E-state index is 11.7. The number of amides is 1. The second-order valence-electron chi connectivity index (χ2n) is 3.21. The first-order valence-corrected chi connectivity index (χ1v) is 5.10. The maximum Gasteiger partial charge on any atom is 0.255 e. The second kappa shape index (κ2) is 5.80. The van der Waals surface area contributed by atoms with E-state index in [-0.39, 0.29) is 5.91 Å². The SMILES string of the molecule is C=CCOc1ccc(N)cc1C(=O)NCC. The van der Waals surface area contributed by atoms with Crippen molar-refractivity contribution in [3.8, 4) is 5.75 Å². The third-order valence-corrected chi connectivity index (χ3v) is 1.94. The largest absolute Gasteiger partial charge is 0.489 e. The first-order valence-electron chi connectivity index (χ1n) is 5.10. The standard InChI is InChI=1S/C12H16N2O2/c1-3-7-16-11-6-5-9(13)8-10(11)12(15)14-4-2/h3,5-6,8H,1,4,7,13H2,2H3,(H,14,15). The molecular formula is C12H16N2O2. The van der Waals surface area contributed by atoms with Crippen molar-refractivity contribution in [2.24, 2.45) is 0 Å². The van der Waals surface area contributed by atoms with Crippen molar-refractivity contribution in [1.82, 2.24) is 5.32 Å². The van der Waals surface area contributed by atoms with Gasteiger partial charge in [0, 0.05) is 12.2 Å². The molecular weight excluding hydrogens is 204 g/mol. The fraction of sp³-hybridized carbons (Fsp3) is 0.250. The minimum absolute atomic E-state index is 0.186. The molecule has 0 fully saturated rings. The van der Waals surface area contributed by atoms with E-state index in [1.807, 2.05) is 6.92 Å². The number of carbonyl (C=O) groups excluding carboxylic acids is 1. The second-order valence-corrected chi connectivity index (χ2v) is 3.21. The molecule has 4 heteroatoms. The maximum absolute atomic E-state index is 11.7. The minimum atomic E-state index is -0.186. The Labute approximate surface area is 95.1 Å². The van der Waals surface area contributed by atoms with Gasteiger partial charge in [-0.25, -0.2) is 0 Å². The van der Waals surface area contributed by atoms with Crippen LogP contribution in [0, 0.1) is 0 Å². The molecule has 16 heavy (non-hydrogen) atoms. The summed E-state index contributed by atoms with van der Waals surface area (Å²) in [7, 11) is 0. The number of carbonyl (C=O) groups is 1. The zero-order chi connectivity index (χ0) is 12.0. The van der Waals surface area contributed by atoms with E-state index >= 15 is 0 Å². The van der Waals surface area contributed by atoms with Gasteiger partial charge in [-0.15, -0.1) is 0 Å². The number of ether oxygens (including phenoxy) is 1. The van der Waals surface area contributed by atoms with Crippen molar-refractivity contribution in [1.29, 1.82) is 0 Å². The van der Waals surface area contributed by atoms with Crippen molar-refractivity contribution in [2.45, 2.75) is 6.92 Å². The Morgan fingerprint density at radius 2 is 2.38 bits per heavy atom. The molecule has 0 saturated heterocycles. The van der Waals surface area contributed by atoms with Crippen LogP contribution in [0.25, 0.3) is 0 Å². The molecule has 0 heterocycles. The van der Waals surface area contributed by atoms with Crippen LogP contribution in [-0.2, 0) is 0 Å². The quantitative estimate of drug-likeness (QED) is 0.585. The van der Waals surface area contributed by atoms with Gasteiger partial charge in [0.05, 0.1) is 5.56 Å². The lowest BCUT2D eigenvalue weighted by Gasteiger charge is -2.10. The van der Waals surface area contributed by atoms with Crippen LogP contribution >= 0.6 is 0 Å². The van der Waals surface area contributed by atoms with E-state index in [9.17, 15) is 4.79 Å². The number of nitrogen functional groups attached to an aromatic ring is 1. The van der Waals surface area contributed by atoms with E-state index in [2.05, 4.69) is 11.9 Å². The molecule has 86 valence electrons. The van der Waals surface area contributed by atoms with Crippen molar-refractivity contribution >= 4 is 11.6 Å². The average molecular weight is 220 g/mol. The van der Waals surface area contributed by atoms with Crippen LogP contribution < -0.4 is 15.8 Å². The number of hydrogen-bond donors (Lipinski definition) is 2. The van der Waals surface area contributed by atoms with E-state index in [4.69, 9.17) is 10.5 Å². The lowest BCUT2D eigenvalue weighted by atomic mass is 10.1. The van der Waals surface area contributed by atoms with Gasteiger partial charge in [-0.05, 0) is 25.1 Å². The first-order chi connectivity index (χ1) is 7.69. The molecule has 0 aliphatic heterocycles. The van der Waals surface area contributed by atoms with E-state index in [0.717, 1.165) is 0 Å². The van der Waals surface area contributed by atoms with E-state index in [0.29, 0.717) is 30.2 Å². The summed E-state index contributed by atoms with van der Waals surface area (Å²) in [6.45, 7) is 6.33. The summed E-state index contributed by atoms with van der Waals surface area (Å²) >= 11 is 0. The minimum Gasteiger partial charge on any atom is -0.489 e. The van der Waals surface area contributed by atoms with Gasteiger partial charge in [0.25, 0.3) is 5.91 Å². The Bertz CT molecular complexity index is 389. The molecule has 4 nitrogen and oxygen atoms in total. The lowest BCUT2D eigenvalue weighted by molar-refractivity contribution is 0.0952. The lowest BCUT2D eigenvalue weighted by Crippen LogP contribution is -2.23. The molecule has 0 spiro atoms. The molecule has 1 rings (SSSR count). The van der Waals surface area contributed by atoms with Crippen LogP contribution in [0.2, 0.25) is 0 Å². The number of benzene rings is 1. The van der Waals surface area contributed by atoms with Crippen LogP contribution in [0.3, 0.4) is 0 Å². The van der Waals surface area contributed by atoms with Crippen LogP contribution in [-0.4, -0.2) is 19.1 Å². The molecule has 0 atom stereocenters. The van der Waals surface area contributed by atoms with Gasteiger partial charge < -0.3 is 15.8 Å². The van der Waals surface area contributed by atoms with Crippen LogP contribution in [0.5, 0.6) is 5.75 Å². The number of anilines is 1. The predicted molar refractivity (Wildman–Crippen MR) is 64.6 cm³/mol. The van der Waals surface area contributed by atoms with Gasteiger partial charge in [0.2, 0.25) is 0 Å². The van der Waals surface area contributed by atoms with Crippen molar-refractivity contribution in [2.75, 3.05) is 18.9 Å². The molecule has 0 aliphatic carbocycles. The molecule has 1 aromatic rings. The highest BCUT2D eigenvalue weighted by Gasteiger charge is 2.11. The topological polar surface area (TPSA) is 64.3 Å². The van der Waals surface area contributed by atoms with E-state index < -0.39 is 0 Å². The van der Waals surface area contributed by atoms with E-state index in [1.54, 1.807) is 24.3 Å². The van der Waals surface area contributed by atoms with Gasteiger partial charge >= 0.3 is 0 Å². The number of nitrogens with one attached hydrogen (secondary N) is 1. The summed E-state index contributed by atoms with van der Waals surface area (Å²) in [5.74, 6) is 0.328. The first kappa shape index (κ1) is 12.1. The zero-order valence-corrected chi connectivity index (χ0v) is 9.32. The highest BCUT2D eigenvalue weighted by Crippen LogP contribution is 2.21. The smallest absolute Gasteiger partial charge is 0.255 e. The Balaban J connectivity index is 2.97. The van der Waals surface area contributed by atoms with Crippen molar-refractivity contribution in [3.63, 3.8) is 0 Å². The summed E-state index contributed by atoms with van der Waals surface area (Å²) in [6.07, 6.45) is 1.62. The third-order valence-electron chi connectivity index (χ3n) is 1.94. The molecule has 3 N–H and O–H groups in total. The highest BCUT2D eigenvalue weighted by atomic mass is 16.5. The normalized spacial score (nSPS) is 9.56. The molecule has 0 bridgehead atoms. The molecule has 1 amide bonds. The van der Waals surface area contributed by atoms with Gasteiger partial charge in [-0.3, -0.25) is 4.79 Å². The number of hydrogen-bond acceptors (Lipinski definition) is 3. The van der Waals surface area contributed by atoms with Gasteiger partial charge in [-0.1, -0.05) is 12.7 Å². The summed E-state index contributed by atoms with van der Waals surface area (Å²) in [6, 6.07) is 4.98. The van der Waals surface area contributed by atoms with Gasteiger partial charge in [-0.2, -0.15) is 0 Å². The Kier molecular flexibility index (Phi) is 4.39. The molecule has 0 saturated carbocycles. The fourth-order valence-corrected chi connectivity index (χ4v) is 1.26. The number of rotatable bonds is 5. The fourth-order valence-electron chi connectivity index (χ4n) is 1.26. The summed E-state index contributed by atoms with van der Waals surface area (Å²) < 4.78 is 5.37. The summed E-state index contributed by atoms with van der Waals surface area (Å²) in [4.78, 5) is 11.7. The van der Waals surface area contributed by atoms with Crippen molar-refractivity contribution in [3.05, 3.63) is 36.4 Å². The third kappa shape index (κ3) is 3.02. The summed E-state index contributed by atoms with van der Waals surface area (Å²) in [5, 5.41) is 2.71. The van der Waals surface area contributed by atoms with Crippen molar-refractivity contribution < 1.29 is 9.53 Å². The Morgan fingerprint density at radius 3 is 3.00 bits per heavy atom. The molecule has 0 unspecified atom stereocenters. The highest BCUT2D eigenvalue weighted by molar-refractivity contribution is 5.97. The molecule has 0 radical (unpaired) electrons.